The zero-order valence-corrected chi connectivity index (χ0v) is 13.6. The fourth-order valence-corrected chi connectivity index (χ4v) is 2.92. The van der Waals surface area contributed by atoms with Gasteiger partial charge in [0.25, 0.3) is 0 Å². The van der Waals surface area contributed by atoms with Crippen LogP contribution in [0.4, 0.5) is 0 Å². The van der Waals surface area contributed by atoms with E-state index in [0.717, 1.165) is 25.0 Å². The number of hydrogen-bond acceptors (Lipinski definition) is 3. The molecule has 2 fully saturated rings. The zero-order valence-electron chi connectivity index (χ0n) is 13.6. The maximum Gasteiger partial charge on any atom is 0.235 e. The number of benzene rings is 1. The Labute approximate surface area is 136 Å². The van der Waals surface area contributed by atoms with E-state index < -0.39 is 5.41 Å². The molecule has 0 bridgehead atoms. The van der Waals surface area contributed by atoms with Crippen molar-refractivity contribution >= 4 is 11.8 Å². The van der Waals surface area contributed by atoms with Gasteiger partial charge in [0.05, 0.1) is 6.10 Å². The summed E-state index contributed by atoms with van der Waals surface area (Å²) in [5.41, 5.74) is 1.37. The van der Waals surface area contributed by atoms with Crippen molar-refractivity contribution in [2.45, 2.75) is 45.3 Å². The number of amides is 2. The fourth-order valence-electron chi connectivity index (χ4n) is 2.92. The summed E-state index contributed by atoms with van der Waals surface area (Å²) in [6.07, 6.45) is 3.38. The van der Waals surface area contributed by atoms with Crippen molar-refractivity contribution in [2.75, 3.05) is 13.2 Å². The molecule has 1 atom stereocenters. The van der Waals surface area contributed by atoms with E-state index in [1.165, 1.54) is 5.56 Å². The summed E-state index contributed by atoms with van der Waals surface area (Å²) in [7, 11) is 0. The first-order valence-corrected chi connectivity index (χ1v) is 8.34. The summed E-state index contributed by atoms with van der Waals surface area (Å²) < 4.78 is 5.50. The molecule has 5 nitrogen and oxygen atoms in total. The van der Waals surface area contributed by atoms with Crippen molar-refractivity contribution in [1.29, 1.82) is 0 Å². The van der Waals surface area contributed by atoms with Crippen molar-refractivity contribution in [2.24, 2.45) is 5.41 Å². The van der Waals surface area contributed by atoms with Crippen LogP contribution in [-0.4, -0.2) is 31.1 Å². The SMILES string of the molecule is Cc1ccc(CNC(=O)C2(C(=O)NCC3CCCO3)CC2)cc1. The molecule has 1 aromatic rings. The molecule has 1 saturated heterocycles. The Morgan fingerprint density at radius 2 is 1.87 bits per heavy atom. The van der Waals surface area contributed by atoms with E-state index in [1.807, 2.05) is 31.2 Å². The third kappa shape index (κ3) is 3.72. The van der Waals surface area contributed by atoms with Gasteiger partial charge >= 0.3 is 0 Å². The first kappa shape index (κ1) is 16.0. The van der Waals surface area contributed by atoms with Crippen molar-refractivity contribution in [3.8, 4) is 0 Å². The largest absolute Gasteiger partial charge is 0.376 e. The third-order valence-corrected chi connectivity index (χ3v) is 4.71. The lowest BCUT2D eigenvalue weighted by Gasteiger charge is -2.17. The summed E-state index contributed by atoms with van der Waals surface area (Å²) in [4.78, 5) is 24.8. The monoisotopic (exact) mass is 316 g/mol. The minimum absolute atomic E-state index is 0.102. The molecule has 1 heterocycles. The fraction of sp³-hybridized carbons (Fsp3) is 0.556. The van der Waals surface area contributed by atoms with E-state index in [1.54, 1.807) is 0 Å². The van der Waals surface area contributed by atoms with Crippen LogP contribution in [0.15, 0.2) is 24.3 Å². The van der Waals surface area contributed by atoms with Gasteiger partial charge < -0.3 is 15.4 Å². The summed E-state index contributed by atoms with van der Waals surface area (Å²) in [6, 6.07) is 8.02. The van der Waals surface area contributed by atoms with E-state index in [2.05, 4.69) is 10.6 Å². The molecule has 0 radical (unpaired) electrons. The Bertz CT molecular complexity index is 572. The van der Waals surface area contributed by atoms with Gasteiger partial charge in [-0.05, 0) is 38.2 Å². The molecule has 2 N–H and O–H groups in total. The van der Waals surface area contributed by atoms with Crippen molar-refractivity contribution in [1.82, 2.24) is 10.6 Å². The standard InChI is InChI=1S/C18H24N2O3/c1-13-4-6-14(7-5-13)11-19-16(21)18(8-9-18)17(22)20-12-15-3-2-10-23-15/h4-7,15H,2-3,8-12H2,1H3,(H,19,21)(H,20,22). The predicted octanol–water partition coefficient (Wildman–Crippen LogP) is 1.69. The lowest BCUT2D eigenvalue weighted by atomic mass is 10.0. The van der Waals surface area contributed by atoms with Gasteiger partial charge in [0.2, 0.25) is 11.8 Å². The van der Waals surface area contributed by atoms with Gasteiger partial charge in [-0.15, -0.1) is 0 Å². The number of hydrogen-bond donors (Lipinski definition) is 2. The van der Waals surface area contributed by atoms with Crippen LogP contribution >= 0.6 is 0 Å². The Kier molecular flexibility index (Phi) is 4.66. The number of aryl methyl sites for hydroxylation is 1. The number of rotatable bonds is 6. The number of ether oxygens (including phenoxy) is 1. The van der Waals surface area contributed by atoms with Gasteiger partial charge in [0.15, 0.2) is 0 Å². The lowest BCUT2D eigenvalue weighted by molar-refractivity contribution is -0.137. The van der Waals surface area contributed by atoms with Crippen molar-refractivity contribution in [3.05, 3.63) is 35.4 Å². The van der Waals surface area contributed by atoms with Crippen LogP contribution in [-0.2, 0) is 20.9 Å². The van der Waals surface area contributed by atoms with E-state index in [-0.39, 0.29) is 17.9 Å². The lowest BCUT2D eigenvalue weighted by Crippen LogP contribution is -2.44. The molecule has 1 aliphatic carbocycles. The Balaban J connectivity index is 1.49. The van der Waals surface area contributed by atoms with Gasteiger partial charge in [-0.1, -0.05) is 29.8 Å². The van der Waals surface area contributed by atoms with Gasteiger partial charge in [0.1, 0.15) is 5.41 Å². The molecule has 3 rings (SSSR count). The Hall–Kier alpha value is -1.88. The van der Waals surface area contributed by atoms with Gasteiger partial charge in [0, 0.05) is 19.7 Å². The predicted molar refractivity (Wildman–Crippen MR) is 86.7 cm³/mol. The molecule has 1 saturated carbocycles. The second kappa shape index (κ2) is 6.71. The highest BCUT2D eigenvalue weighted by molar-refractivity contribution is 6.07. The average Bonchev–Trinajstić information content (AvgIpc) is 3.21. The van der Waals surface area contributed by atoms with Crippen LogP contribution < -0.4 is 10.6 Å². The molecule has 0 aromatic heterocycles. The maximum atomic E-state index is 12.4. The number of nitrogens with one attached hydrogen (secondary N) is 2. The van der Waals surface area contributed by atoms with Gasteiger partial charge in [-0.25, -0.2) is 0 Å². The highest BCUT2D eigenvalue weighted by atomic mass is 16.5. The van der Waals surface area contributed by atoms with Crippen LogP contribution in [0.2, 0.25) is 0 Å². The minimum atomic E-state index is -0.858. The van der Waals surface area contributed by atoms with Crippen molar-refractivity contribution < 1.29 is 14.3 Å². The van der Waals surface area contributed by atoms with Crippen LogP contribution in [0.5, 0.6) is 0 Å². The molecule has 23 heavy (non-hydrogen) atoms. The molecule has 5 heteroatoms. The van der Waals surface area contributed by atoms with E-state index in [4.69, 9.17) is 4.74 Å². The molecule has 1 aliphatic heterocycles. The normalized spacial score (nSPS) is 21.7. The van der Waals surface area contributed by atoms with E-state index in [0.29, 0.717) is 25.9 Å². The molecular weight excluding hydrogens is 292 g/mol. The highest BCUT2D eigenvalue weighted by Crippen LogP contribution is 2.46. The summed E-state index contributed by atoms with van der Waals surface area (Å²) in [5.74, 6) is -0.322. The minimum Gasteiger partial charge on any atom is -0.376 e. The van der Waals surface area contributed by atoms with Crippen molar-refractivity contribution in [3.63, 3.8) is 0 Å². The van der Waals surface area contributed by atoms with Gasteiger partial charge in [-0.3, -0.25) is 9.59 Å². The highest BCUT2D eigenvalue weighted by Gasteiger charge is 2.56. The smallest absolute Gasteiger partial charge is 0.235 e. The van der Waals surface area contributed by atoms with E-state index >= 15 is 0 Å². The molecule has 124 valence electrons. The Morgan fingerprint density at radius 1 is 1.17 bits per heavy atom. The quantitative estimate of drug-likeness (QED) is 0.785. The summed E-state index contributed by atoms with van der Waals surface area (Å²) >= 11 is 0. The van der Waals surface area contributed by atoms with Crippen LogP contribution in [0.1, 0.15) is 36.8 Å². The number of carbonyl (C=O) groups excluding carboxylic acids is 2. The maximum absolute atomic E-state index is 12.4. The molecule has 2 amide bonds. The van der Waals surface area contributed by atoms with Crippen LogP contribution in [0.25, 0.3) is 0 Å². The summed E-state index contributed by atoms with van der Waals surface area (Å²) in [6.45, 7) is 3.76. The first-order valence-electron chi connectivity index (χ1n) is 8.34. The molecule has 0 spiro atoms. The topological polar surface area (TPSA) is 67.4 Å². The molecular formula is C18H24N2O3. The molecule has 1 aromatic carbocycles. The van der Waals surface area contributed by atoms with Crippen LogP contribution in [0, 0.1) is 12.3 Å². The molecule has 1 unspecified atom stereocenters. The van der Waals surface area contributed by atoms with Gasteiger partial charge in [-0.2, -0.15) is 0 Å². The van der Waals surface area contributed by atoms with E-state index in [9.17, 15) is 9.59 Å². The first-order chi connectivity index (χ1) is 11.1. The zero-order chi connectivity index (χ0) is 16.3. The number of carbonyl (C=O) groups is 2. The molecule has 2 aliphatic rings. The second-order valence-electron chi connectivity index (χ2n) is 6.60. The summed E-state index contributed by atoms with van der Waals surface area (Å²) in [5, 5.41) is 5.79. The Morgan fingerprint density at radius 3 is 2.48 bits per heavy atom. The second-order valence-corrected chi connectivity index (χ2v) is 6.60. The van der Waals surface area contributed by atoms with Crippen LogP contribution in [0.3, 0.4) is 0 Å². The third-order valence-electron chi connectivity index (χ3n) is 4.71. The average molecular weight is 316 g/mol.